The third-order valence-corrected chi connectivity index (χ3v) is 0. The minimum absolute atomic E-state index is 1.92. The van der Waals surface area contributed by atoms with Crippen molar-refractivity contribution in [3.63, 3.8) is 0 Å². The molecule has 11 heavy (non-hydrogen) atoms. The van der Waals surface area contributed by atoms with E-state index < -0.39 is 7.81 Å². The van der Waals surface area contributed by atoms with Crippen molar-refractivity contribution < 1.29 is 29.5 Å². The first-order valence-corrected chi connectivity index (χ1v) is 4.27. The van der Waals surface area contributed by atoms with Crippen LogP contribution in [0.5, 0.6) is 0 Å². The molecule has 0 unspecified atom stereocenters. The van der Waals surface area contributed by atoms with Gasteiger partial charge in [0, 0.05) is 0 Å². The molecule has 0 N–H and O–H groups in total. The molecule has 0 aliphatic heterocycles. The normalized spacial score (nSPS) is 18.0. The first kappa shape index (κ1) is 13.6. The molecule has 0 saturated carbocycles. The molecular formula is C3H9F6OP. The first-order chi connectivity index (χ1) is 4.18. The molecule has 8 heteroatoms. The molecule has 0 atom stereocenters. The topological polar surface area (TPSA) is 2.70 Å². The van der Waals surface area contributed by atoms with Gasteiger partial charge in [-0.2, -0.15) is 0 Å². The van der Waals surface area contributed by atoms with Crippen LogP contribution in [-0.2, 0) is 4.37 Å². The minimum atomic E-state index is -10.7. The number of hydrogen-bond acceptors (Lipinski definition) is 0. The summed E-state index contributed by atoms with van der Waals surface area (Å²) in [6.45, 7) is 0. The third-order valence-electron chi connectivity index (χ3n) is 0. The summed E-state index contributed by atoms with van der Waals surface area (Å²) < 4.78 is 61.8. The zero-order valence-corrected chi connectivity index (χ0v) is 7.02. The van der Waals surface area contributed by atoms with Gasteiger partial charge >= 0.3 is 33.0 Å². The SMILES string of the molecule is C[O+](C)C.F[P-](F)(F)(F)(F)F. The molecule has 0 amide bonds. The second-order valence-electron chi connectivity index (χ2n) is 2.18. The number of hydrogen-bond donors (Lipinski definition) is 0. The molecule has 1 nitrogen and oxygen atoms in total. The van der Waals surface area contributed by atoms with E-state index in [1.165, 1.54) is 0 Å². The van der Waals surface area contributed by atoms with Gasteiger partial charge in [-0.15, -0.1) is 0 Å². The van der Waals surface area contributed by atoms with E-state index in [0.29, 0.717) is 0 Å². The summed E-state index contributed by atoms with van der Waals surface area (Å²) in [5, 5.41) is 0. The standard InChI is InChI=1S/C3H9O.F6P/c1-4(2)3;1-7(2,3,4,5)6/h1-3H3;/q+1;-1. The van der Waals surface area contributed by atoms with Crippen LogP contribution in [0.25, 0.3) is 0 Å². The summed E-state index contributed by atoms with van der Waals surface area (Å²) in [6.07, 6.45) is 0. The Balaban J connectivity index is 0. The molecule has 0 spiro atoms. The van der Waals surface area contributed by atoms with E-state index in [1.807, 2.05) is 21.3 Å². The molecule has 0 aliphatic rings. The van der Waals surface area contributed by atoms with Gasteiger partial charge in [0.05, 0.1) is 0 Å². The van der Waals surface area contributed by atoms with Crippen LogP contribution in [0.2, 0.25) is 0 Å². The number of rotatable bonds is 0. The van der Waals surface area contributed by atoms with Crippen LogP contribution < -0.4 is 0 Å². The summed E-state index contributed by atoms with van der Waals surface area (Å²) in [6, 6.07) is 0. The van der Waals surface area contributed by atoms with Crippen molar-refractivity contribution in [2.24, 2.45) is 0 Å². The molecule has 0 radical (unpaired) electrons. The van der Waals surface area contributed by atoms with Crippen molar-refractivity contribution in [2.75, 3.05) is 21.3 Å². The van der Waals surface area contributed by atoms with Crippen LogP contribution in [0, 0.1) is 0 Å². The second kappa shape index (κ2) is 2.48. The van der Waals surface area contributed by atoms with Crippen LogP contribution >= 0.6 is 7.81 Å². The summed E-state index contributed by atoms with van der Waals surface area (Å²) in [7, 11) is -4.91. The second-order valence-corrected chi connectivity index (χ2v) is 4.10. The average Bonchev–Trinajstić information content (AvgIpc) is 1.11. The van der Waals surface area contributed by atoms with Crippen molar-refractivity contribution in [1.82, 2.24) is 0 Å². The Labute approximate surface area is 59.9 Å². The van der Waals surface area contributed by atoms with Gasteiger partial charge in [-0.3, -0.25) is 0 Å². The van der Waals surface area contributed by atoms with Gasteiger partial charge in [-0.25, -0.2) is 0 Å². The van der Waals surface area contributed by atoms with E-state index in [2.05, 4.69) is 4.37 Å². The van der Waals surface area contributed by atoms with Crippen LogP contribution in [-0.4, -0.2) is 21.3 Å². The monoisotopic (exact) mass is 206 g/mol. The zero-order chi connectivity index (χ0) is 9.99. The molecular weight excluding hydrogens is 197 g/mol. The van der Waals surface area contributed by atoms with Crippen molar-refractivity contribution in [3.8, 4) is 0 Å². The predicted octanol–water partition coefficient (Wildman–Crippen LogP) is 3.81. The molecule has 0 heterocycles. The van der Waals surface area contributed by atoms with Crippen LogP contribution in [0.1, 0.15) is 0 Å². The van der Waals surface area contributed by atoms with E-state index in [4.69, 9.17) is 0 Å². The third kappa shape index (κ3) is 704000. The van der Waals surface area contributed by atoms with Crippen molar-refractivity contribution in [1.29, 1.82) is 0 Å². The number of halogens is 6. The van der Waals surface area contributed by atoms with Crippen LogP contribution in [0.4, 0.5) is 25.2 Å². The van der Waals surface area contributed by atoms with Gasteiger partial charge in [-0.05, 0) is 0 Å². The molecule has 0 aliphatic carbocycles. The Kier molecular flexibility index (Phi) is 3.06. The fourth-order valence-corrected chi connectivity index (χ4v) is 0. The van der Waals surface area contributed by atoms with E-state index in [0.717, 1.165) is 0 Å². The quantitative estimate of drug-likeness (QED) is 0.322. The van der Waals surface area contributed by atoms with E-state index in [-0.39, 0.29) is 0 Å². The van der Waals surface area contributed by atoms with Crippen molar-refractivity contribution in [2.45, 2.75) is 0 Å². The van der Waals surface area contributed by atoms with Gasteiger partial charge in [0.15, 0.2) is 0 Å². The van der Waals surface area contributed by atoms with E-state index >= 15 is 0 Å². The van der Waals surface area contributed by atoms with Gasteiger partial charge in [-0.1, -0.05) is 0 Å². The van der Waals surface area contributed by atoms with Crippen LogP contribution in [0.3, 0.4) is 0 Å². The Bertz CT molecular complexity index is 105. The van der Waals surface area contributed by atoms with E-state index in [1.54, 1.807) is 0 Å². The Morgan fingerprint density at radius 2 is 0.727 bits per heavy atom. The van der Waals surface area contributed by atoms with Crippen LogP contribution in [0.15, 0.2) is 0 Å². The molecule has 0 aromatic heterocycles. The maximum absolute atomic E-state index is 10.7. The van der Waals surface area contributed by atoms with E-state index in [9.17, 15) is 25.2 Å². The first-order valence-electron chi connectivity index (χ1n) is 2.24. The van der Waals surface area contributed by atoms with Gasteiger partial charge in [0.25, 0.3) is 0 Å². The summed E-state index contributed by atoms with van der Waals surface area (Å²) in [5.74, 6) is 0. The molecule has 0 aromatic carbocycles. The summed E-state index contributed by atoms with van der Waals surface area (Å²) >= 11 is 0. The maximum atomic E-state index is 9.87. The molecule has 74 valence electrons. The van der Waals surface area contributed by atoms with Crippen molar-refractivity contribution >= 4 is 7.81 Å². The molecule has 0 bridgehead atoms. The summed E-state index contributed by atoms with van der Waals surface area (Å²) in [4.78, 5) is 0. The Morgan fingerprint density at radius 3 is 0.727 bits per heavy atom. The predicted molar refractivity (Wildman–Crippen MR) is 32.4 cm³/mol. The fraction of sp³-hybridized carbons (Fsp3) is 1.00. The molecule has 0 fully saturated rings. The Morgan fingerprint density at radius 1 is 0.727 bits per heavy atom. The molecule has 0 rings (SSSR count). The Hall–Kier alpha value is -0.0300. The van der Waals surface area contributed by atoms with Gasteiger partial charge in [0.2, 0.25) is 0 Å². The average molecular weight is 206 g/mol. The molecule has 0 aromatic rings. The zero-order valence-electron chi connectivity index (χ0n) is 6.12. The summed E-state index contributed by atoms with van der Waals surface area (Å²) in [5.41, 5.74) is 0. The van der Waals surface area contributed by atoms with Gasteiger partial charge < -0.3 is 4.37 Å². The fourth-order valence-electron chi connectivity index (χ4n) is 0. The van der Waals surface area contributed by atoms with Crippen molar-refractivity contribution in [3.05, 3.63) is 0 Å². The van der Waals surface area contributed by atoms with Gasteiger partial charge in [0.1, 0.15) is 21.3 Å². The molecule has 0 saturated heterocycles.